The molecule has 4 nitrogen and oxygen atoms in total. The maximum absolute atomic E-state index is 13.4. The van der Waals surface area contributed by atoms with Gasteiger partial charge in [-0.15, -0.1) is 0 Å². The van der Waals surface area contributed by atoms with Gasteiger partial charge in [0.25, 0.3) is 5.91 Å². The minimum Gasteiger partial charge on any atom is -0.464 e. The average molecular weight is 546 g/mol. The predicted octanol–water partition coefficient (Wildman–Crippen LogP) is 9.16. The van der Waals surface area contributed by atoms with Crippen molar-refractivity contribution in [2.75, 3.05) is 6.61 Å². The van der Waals surface area contributed by atoms with E-state index >= 15 is 0 Å². The fraction of sp³-hybridized carbons (Fsp3) is 0.733. The number of unbranched alkanes of at least 4 members (excludes halogenated alkanes) is 16. The average Bonchev–Trinajstić information content (AvgIpc) is 2.87. The van der Waals surface area contributed by atoms with Crippen molar-refractivity contribution in [3.8, 4) is 0 Å². The van der Waals surface area contributed by atoms with Crippen LogP contribution >= 0.6 is 0 Å². The minimum absolute atomic E-state index is 0.186. The highest BCUT2D eigenvalue weighted by molar-refractivity contribution is 5.98. The zero-order chi connectivity index (χ0) is 28.2. The molecule has 1 N–H and O–H groups in total. The summed E-state index contributed by atoms with van der Waals surface area (Å²) in [5.74, 6) is -2.89. The van der Waals surface area contributed by atoms with Gasteiger partial charge >= 0.3 is 12.1 Å². The number of carbonyl (C=O) groups excluding carboxylic acids is 2. The smallest absolute Gasteiger partial charge is 0.417 e. The van der Waals surface area contributed by atoms with Crippen LogP contribution in [0.4, 0.5) is 17.6 Å². The number of hydrogen-bond acceptors (Lipinski definition) is 3. The van der Waals surface area contributed by atoms with Gasteiger partial charge in [-0.05, 0) is 31.5 Å². The minimum atomic E-state index is -4.82. The molecule has 0 aliphatic carbocycles. The number of benzene rings is 1. The molecule has 38 heavy (non-hydrogen) atoms. The van der Waals surface area contributed by atoms with E-state index in [1.54, 1.807) is 0 Å². The van der Waals surface area contributed by atoms with E-state index in [1.807, 2.05) is 0 Å². The first kappa shape index (κ1) is 33.9. The molecule has 1 rings (SSSR count). The lowest BCUT2D eigenvalue weighted by molar-refractivity contribution is -0.145. The van der Waals surface area contributed by atoms with Gasteiger partial charge in [0.1, 0.15) is 11.9 Å². The molecule has 0 radical (unpaired) electrons. The first-order valence-corrected chi connectivity index (χ1v) is 14.5. The Morgan fingerprint density at radius 3 is 1.68 bits per heavy atom. The van der Waals surface area contributed by atoms with Crippen LogP contribution in [0.2, 0.25) is 0 Å². The second-order valence-corrected chi connectivity index (χ2v) is 10.2. The molecule has 1 aromatic carbocycles. The van der Waals surface area contributed by atoms with Gasteiger partial charge < -0.3 is 10.1 Å². The van der Waals surface area contributed by atoms with Crippen molar-refractivity contribution in [3.05, 3.63) is 35.1 Å². The van der Waals surface area contributed by atoms with Crippen LogP contribution in [-0.2, 0) is 15.7 Å². The van der Waals surface area contributed by atoms with E-state index in [9.17, 15) is 27.2 Å². The summed E-state index contributed by atoms with van der Waals surface area (Å²) in [5, 5.41) is 2.16. The lowest BCUT2D eigenvalue weighted by Gasteiger charge is -2.16. The van der Waals surface area contributed by atoms with Crippen LogP contribution < -0.4 is 5.32 Å². The van der Waals surface area contributed by atoms with Crippen molar-refractivity contribution in [2.45, 2.75) is 135 Å². The SMILES string of the molecule is CCCCCCCCCCCCCCCCCCCOC(=O)C(C)NC(=O)c1cc(F)ccc1C(F)(F)F. The highest BCUT2D eigenvalue weighted by Gasteiger charge is 2.36. The van der Waals surface area contributed by atoms with E-state index in [-0.39, 0.29) is 6.61 Å². The number of nitrogens with one attached hydrogen (secondary N) is 1. The molecule has 0 bridgehead atoms. The van der Waals surface area contributed by atoms with E-state index in [2.05, 4.69) is 12.2 Å². The van der Waals surface area contributed by atoms with Crippen LogP contribution in [0.1, 0.15) is 139 Å². The summed E-state index contributed by atoms with van der Waals surface area (Å²) in [4.78, 5) is 24.3. The largest absolute Gasteiger partial charge is 0.464 e. The highest BCUT2D eigenvalue weighted by Crippen LogP contribution is 2.32. The van der Waals surface area contributed by atoms with Crippen molar-refractivity contribution in [2.24, 2.45) is 0 Å². The van der Waals surface area contributed by atoms with E-state index in [0.29, 0.717) is 24.6 Å². The molecule has 218 valence electrons. The molecular formula is C30H47F4NO3. The predicted molar refractivity (Wildman–Crippen MR) is 143 cm³/mol. The number of ether oxygens (including phenoxy) is 1. The summed E-state index contributed by atoms with van der Waals surface area (Å²) in [6.45, 7) is 3.76. The number of esters is 1. The van der Waals surface area contributed by atoms with Gasteiger partial charge in [0, 0.05) is 0 Å². The Kier molecular flexibility index (Phi) is 17.7. The third-order valence-corrected chi connectivity index (χ3v) is 6.73. The van der Waals surface area contributed by atoms with Gasteiger partial charge in [-0.1, -0.05) is 110 Å². The molecule has 8 heteroatoms. The van der Waals surface area contributed by atoms with Gasteiger partial charge in [0.2, 0.25) is 0 Å². The van der Waals surface area contributed by atoms with Gasteiger partial charge in [-0.25, -0.2) is 9.18 Å². The second-order valence-electron chi connectivity index (χ2n) is 10.2. The van der Waals surface area contributed by atoms with Crippen LogP contribution in [0.5, 0.6) is 0 Å². The fourth-order valence-corrected chi connectivity index (χ4v) is 4.41. The molecule has 0 heterocycles. The number of rotatable bonds is 21. The van der Waals surface area contributed by atoms with Crippen molar-refractivity contribution < 1.29 is 31.9 Å². The molecule has 1 unspecified atom stereocenters. The van der Waals surface area contributed by atoms with Crippen LogP contribution in [0.3, 0.4) is 0 Å². The first-order valence-electron chi connectivity index (χ1n) is 14.5. The third-order valence-electron chi connectivity index (χ3n) is 6.73. The molecule has 0 fully saturated rings. The van der Waals surface area contributed by atoms with Crippen molar-refractivity contribution in [1.29, 1.82) is 0 Å². The molecule has 1 aromatic rings. The Morgan fingerprint density at radius 1 is 0.789 bits per heavy atom. The normalized spacial score (nSPS) is 12.4. The fourth-order valence-electron chi connectivity index (χ4n) is 4.41. The standard InChI is InChI=1S/C30H47F4NO3/c1-3-4-5-6-7-8-9-10-11-12-13-14-15-16-17-18-19-22-38-29(37)24(2)35-28(36)26-23-25(31)20-21-27(26)30(32,33)34/h20-21,23-24H,3-19,22H2,1-2H3,(H,35,36). The third kappa shape index (κ3) is 15.3. The molecule has 1 amide bonds. The Morgan fingerprint density at radius 2 is 1.24 bits per heavy atom. The molecule has 0 aliphatic rings. The molecule has 0 aromatic heterocycles. The molecule has 0 saturated carbocycles. The maximum atomic E-state index is 13.4. The van der Waals surface area contributed by atoms with E-state index in [0.717, 1.165) is 19.3 Å². The first-order chi connectivity index (χ1) is 18.2. The number of carbonyl (C=O) groups is 2. The summed E-state index contributed by atoms with van der Waals surface area (Å²) in [5.41, 5.74) is -2.13. The van der Waals surface area contributed by atoms with Gasteiger partial charge in [-0.3, -0.25) is 4.79 Å². The molecule has 1 atom stereocenters. The van der Waals surface area contributed by atoms with Crippen molar-refractivity contribution >= 4 is 11.9 Å². The van der Waals surface area contributed by atoms with Crippen LogP contribution in [-0.4, -0.2) is 24.5 Å². The highest BCUT2D eigenvalue weighted by atomic mass is 19.4. The number of amides is 1. The van der Waals surface area contributed by atoms with Gasteiger partial charge in [-0.2, -0.15) is 13.2 Å². The number of hydrogen-bond donors (Lipinski definition) is 1. The summed E-state index contributed by atoms with van der Waals surface area (Å²) in [6, 6.07) is 0.493. The van der Waals surface area contributed by atoms with Gasteiger partial charge in [0.05, 0.1) is 17.7 Å². The Balaban J connectivity index is 2.05. The van der Waals surface area contributed by atoms with E-state index in [1.165, 1.54) is 90.4 Å². The lowest BCUT2D eigenvalue weighted by Crippen LogP contribution is -2.40. The van der Waals surface area contributed by atoms with Crippen molar-refractivity contribution in [1.82, 2.24) is 5.32 Å². The summed E-state index contributed by atoms with van der Waals surface area (Å²) in [6.07, 6.45) is 16.3. The number of halogens is 4. The van der Waals surface area contributed by atoms with Gasteiger partial charge in [0.15, 0.2) is 0 Å². The molecule has 0 spiro atoms. The lowest BCUT2D eigenvalue weighted by atomic mass is 10.0. The Bertz CT molecular complexity index is 798. The maximum Gasteiger partial charge on any atom is 0.417 e. The summed E-state index contributed by atoms with van der Waals surface area (Å²) in [7, 11) is 0. The van der Waals surface area contributed by atoms with E-state index < -0.39 is 41.0 Å². The second kappa shape index (κ2) is 19.9. The number of alkyl halides is 3. The van der Waals surface area contributed by atoms with Crippen molar-refractivity contribution in [3.63, 3.8) is 0 Å². The van der Waals surface area contributed by atoms with Crippen LogP contribution in [0.25, 0.3) is 0 Å². The molecular weight excluding hydrogens is 498 g/mol. The summed E-state index contributed by atoms with van der Waals surface area (Å²) >= 11 is 0. The van der Waals surface area contributed by atoms with Crippen LogP contribution in [0, 0.1) is 5.82 Å². The Labute approximate surface area is 226 Å². The molecule has 0 aliphatic heterocycles. The Hall–Kier alpha value is -2.12. The van der Waals surface area contributed by atoms with Crippen LogP contribution in [0.15, 0.2) is 18.2 Å². The summed E-state index contributed by atoms with van der Waals surface area (Å²) < 4.78 is 57.9. The topological polar surface area (TPSA) is 55.4 Å². The zero-order valence-electron chi connectivity index (χ0n) is 23.3. The monoisotopic (exact) mass is 545 g/mol. The van der Waals surface area contributed by atoms with E-state index in [4.69, 9.17) is 4.74 Å². The zero-order valence-corrected chi connectivity index (χ0v) is 23.3. The quantitative estimate of drug-likeness (QED) is 0.0952. The molecule has 0 saturated heterocycles.